The van der Waals surface area contributed by atoms with Gasteiger partial charge >= 0.3 is 6.16 Å². The van der Waals surface area contributed by atoms with Crippen LogP contribution in [0.3, 0.4) is 0 Å². The molecule has 4 rings (SSSR count). The Balaban J connectivity index is 1.75. The fraction of sp³-hybridized carbons (Fsp3) is 0.0800. The van der Waals surface area contributed by atoms with Crippen LogP contribution in [0.5, 0.6) is 5.75 Å². The monoisotopic (exact) mass is 401 g/mol. The molecule has 0 spiro atoms. The zero-order valence-electron chi connectivity index (χ0n) is 16.1. The van der Waals surface area contributed by atoms with Crippen molar-refractivity contribution in [3.05, 3.63) is 103 Å². The van der Waals surface area contributed by atoms with E-state index >= 15 is 0 Å². The average Bonchev–Trinajstić information content (AvgIpc) is 2.78. The Morgan fingerprint density at radius 1 is 0.793 bits per heavy atom. The third kappa shape index (κ3) is 4.44. The molecule has 0 fully saturated rings. The normalized spacial score (nSPS) is 11.8. The van der Waals surface area contributed by atoms with E-state index in [1.165, 1.54) is 33.2 Å². The van der Waals surface area contributed by atoms with Crippen molar-refractivity contribution < 1.29 is 14.3 Å². The van der Waals surface area contributed by atoms with Crippen molar-refractivity contribution in [2.24, 2.45) is 0 Å². The van der Waals surface area contributed by atoms with Gasteiger partial charge in [0.15, 0.2) is 9.79 Å². The predicted octanol–water partition coefficient (Wildman–Crippen LogP) is 6.22. The summed E-state index contributed by atoms with van der Waals surface area (Å²) in [5.74, 6) is 1.38. The van der Waals surface area contributed by atoms with Gasteiger partial charge in [-0.1, -0.05) is 60.7 Å². The molecule has 0 aliphatic heterocycles. The lowest BCUT2D eigenvalue weighted by atomic mass is 10.1. The summed E-state index contributed by atoms with van der Waals surface area (Å²) in [6.45, 7) is 0. The highest BCUT2D eigenvalue weighted by atomic mass is 32.2. The van der Waals surface area contributed by atoms with Gasteiger partial charge in [-0.15, -0.1) is 0 Å². The lowest BCUT2D eigenvalue weighted by molar-refractivity contribution is 0.121. The second-order valence-corrected chi connectivity index (χ2v) is 8.51. The summed E-state index contributed by atoms with van der Waals surface area (Å²) >= 11 is 0. The quantitative estimate of drug-likeness (QED) is 0.226. The van der Waals surface area contributed by atoms with Gasteiger partial charge in [-0.25, -0.2) is 4.79 Å². The highest BCUT2D eigenvalue weighted by Gasteiger charge is 2.28. The van der Waals surface area contributed by atoms with Crippen LogP contribution in [0.2, 0.25) is 0 Å². The van der Waals surface area contributed by atoms with Gasteiger partial charge in [0.05, 0.1) is 18.0 Å². The van der Waals surface area contributed by atoms with E-state index in [9.17, 15) is 4.79 Å². The van der Waals surface area contributed by atoms with Gasteiger partial charge < -0.3 is 9.47 Å². The zero-order valence-corrected chi connectivity index (χ0v) is 16.9. The molecule has 1 unspecified atom stereocenters. The van der Waals surface area contributed by atoms with Crippen LogP contribution in [0, 0.1) is 0 Å². The van der Waals surface area contributed by atoms with Crippen molar-refractivity contribution in [1.29, 1.82) is 0 Å². The number of methoxy groups -OCH3 is 1. The van der Waals surface area contributed by atoms with Crippen LogP contribution in [-0.4, -0.2) is 13.3 Å². The first-order chi connectivity index (χ1) is 14.2. The van der Waals surface area contributed by atoms with Gasteiger partial charge in [0.25, 0.3) is 0 Å². The molecule has 0 saturated carbocycles. The van der Waals surface area contributed by atoms with Crippen LogP contribution in [0.25, 0.3) is 10.8 Å². The minimum atomic E-state index is -0.713. The summed E-state index contributed by atoms with van der Waals surface area (Å²) in [5, 5.41) is 2.50. The molecule has 0 amide bonds. The van der Waals surface area contributed by atoms with E-state index in [0.717, 1.165) is 5.75 Å². The van der Waals surface area contributed by atoms with Crippen LogP contribution < -0.4 is 4.74 Å². The molecule has 3 nitrogen and oxygen atoms in total. The topological polar surface area (TPSA) is 35.5 Å². The number of benzene rings is 4. The minimum absolute atomic E-state index is 0.171. The van der Waals surface area contributed by atoms with Gasteiger partial charge in [0.1, 0.15) is 11.5 Å². The summed E-state index contributed by atoms with van der Waals surface area (Å²) in [7, 11) is 1.13. The molecule has 29 heavy (non-hydrogen) atoms. The van der Waals surface area contributed by atoms with Crippen molar-refractivity contribution in [2.45, 2.75) is 15.5 Å². The zero-order chi connectivity index (χ0) is 20.1. The second-order valence-electron chi connectivity index (χ2n) is 6.53. The molecule has 0 bridgehead atoms. The lowest BCUT2D eigenvalue weighted by Crippen LogP contribution is -2.09. The summed E-state index contributed by atoms with van der Waals surface area (Å²) in [6, 6.07) is 33.2. The summed E-state index contributed by atoms with van der Waals surface area (Å²) in [4.78, 5) is 13.9. The number of carbonyl (C=O) groups excluding carboxylic acids is 1. The van der Waals surface area contributed by atoms with Crippen LogP contribution in [-0.2, 0) is 21.4 Å². The van der Waals surface area contributed by atoms with Crippen molar-refractivity contribution in [2.75, 3.05) is 7.11 Å². The van der Waals surface area contributed by atoms with E-state index in [4.69, 9.17) is 4.74 Å². The molecule has 0 aromatic heterocycles. The number of hydrogen-bond donors (Lipinski definition) is 0. The average molecular weight is 402 g/mol. The first-order valence-electron chi connectivity index (χ1n) is 9.33. The maximum atomic E-state index is 11.4. The number of rotatable bonds is 5. The number of fused-ring (bicyclic) bond motifs is 1. The molecule has 4 aromatic rings. The van der Waals surface area contributed by atoms with E-state index in [-0.39, 0.29) is 10.9 Å². The SMILES string of the molecule is COC(=O)Oc1ccc([S+](Cc2ccccc2)c2cccc3ccccc23)cc1. The van der Waals surface area contributed by atoms with Crippen molar-refractivity contribution >= 4 is 27.8 Å². The summed E-state index contributed by atoms with van der Waals surface area (Å²) < 4.78 is 9.70. The van der Waals surface area contributed by atoms with Gasteiger partial charge in [0, 0.05) is 10.9 Å². The Bertz CT molecular complexity index is 1100. The molecule has 0 aliphatic rings. The maximum absolute atomic E-state index is 11.4. The van der Waals surface area contributed by atoms with Gasteiger partial charge in [-0.3, -0.25) is 0 Å². The van der Waals surface area contributed by atoms with E-state index in [1.807, 2.05) is 30.3 Å². The molecule has 4 aromatic carbocycles. The van der Waals surface area contributed by atoms with Gasteiger partial charge in [-0.05, 0) is 41.8 Å². The van der Waals surface area contributed by atoms with Crippen LogP contribution in [0.15, 0.2) is 107 Å². The van der Waals surface area contributed by atoms with Crippen LogP contribution in [0.1, 0.15) is 5.56 Å². The standard InChI is InChI=1S/C25H21O3S/c1-27-25(26)28-21-14-16-22(17-15-21)29(18-19-8-3-2-4-9-19)24-13-7-11-20-10-5-6-12-23(20)24/h2-17H,18H2,1H3/q+1. The maximum Gasteiger partial charge on any atom is 0.513 e. The van der Waals surface area contributed by atoms with Gasteiger partial charge in [-0.2, -0.15) is 0 Å². The second kappa shape index (κ2) is 8.84. The fourth-order valence-corrected chi connectivity index (χ4v) is 5.51. The predicted molar refractivity (Wildman–Crippen MR) is 117 cm³/mol. The molecule has 1 atom stereocenters. The van der Waals surface area contributed by atoms with Gasteiger partial charge in [0.2, 0.25) is 0 Å². The van der Waals surface area contributed by atoms with E-state index < -0.39 is 6.16 Å². The number of hydrogen-bond acceptors (Lipinski definition) is 3. The fourth-order valence-electron chi connectivity index (χ4n) is 3.25. The highest BCUT2D eigenvalue weighted by molar-refractivity contribution is 7.96. The van der Waals surface area contributed by atoms with E-state index in [0.29, 0.717) is 5.75 Å². The Morgan fingerprint density at radius 3 is 2.24 bits per heavy atom. The molecule has 0 aliphatic carbocycles. The Hall–Kier alpha value is -3.24. The Kier molecular flexibility index (Phi) is 5.82. The van der Waals surface area contributed by atoms with E-state index in [1.54, 1.807) is 0 Å². The molecule has 0 heterocycles. The molecular weight excluding hydrogens is 380 g/mol. The first kappa shape index (κ1) is 19.1. The largest absolute Gasteiger partial charge is 0.513 e. The minimum Gasteiger partial charge on any atom is -0.437 e. The van der Waals surface area contributed by atoms with Crippen LogP contribution >= 0.6 is 0 Å². The number of ether oxygens (including phenoxy) is 2. The van der Waals surface area contributed by atoms with Crippen LogP contribution in [0.4, 0.5) is 4.79 Å². The third-order valence-corrected chi connectivity index (χ3v) is 7.00. The molecular formula is C25H21O3S+. The lowest BCUT2D eigenvalue weighted by Gasteiger charge is -2.11. The third-order valence-electron chi connectivity index (χ3n) is 4.65. The molecule has 0 N–H and O–H groups in total. The molecule has 4 heteroatoms. The first-order valence-corrected chi connectivity index (χ1v) is 10.7. The Morgan fingerprint density at radius 2 is 1.48 bits per heavy atom. The van der Waals surface area contributed by atoms with Crippen molar-refractivity contribution in [3.63, 3.8) is 0 Å². The highest BCUT2D eigenvalue weighted by Crippen LogP contribution is 2.33. The van der Waals surface area contributed by atoms with E-state index in [2.05, 4.69) is 71.5 Å². The van der Waals surface area contributed by atoms with Crippen molar-refractivity contribution in [1.82, 2.24) is 0 Å². The summed E-state index contributed by atoms with van der Waals surface area (Å²) in [5.41, 5.74) is 1.29. The molecule has 144 valence electrons. The van der Waals surface area contributed by atoms with Crippen molar-refractivity contribution in [3.8, 4) is 5.75 Å². The smallest absolute Gasteiger partial charge is 0.437 e. The molecule has 0 saturated heterocycles. The summed E-state index contributed by atoms with van der Waals surface area (Å²) in [6.07, 6.45) is -0.713. The molecule has 0 radical (unpaired) electrons. The number of carbonyl (C=O) groups is 1. The Labute approximate surface area is 173 Å².